The van der Waals surface area contributed by atoms with E-state index in [9.17, 15) is 0 Å². The van der Waals surface area contributed by atoms with E-state index in [1.54, 1.807) is 0 Å². The molecule has 0 spiro atoms. The maximum atomic E-state index is 2.46. The second-order valence-corrected chi connectivity index (χ2v) is 20.4. The van der Waals surface area contributed by atoms with Crippen LogP contribution in [0.3, 0.4) is 0 Å². The summed E-state index contributed by atoms with van der Waals surface area (Å²) in [4.78, 5) is 7.39. The van der Waals surface area contributed by atoms with Gasteiger partial charge in [-0.1, -0.05) is 0 Å². The molecule has 0 aliphatic carbocycles. The fraction of sp³-hybridized carbons (Fsp3) is 0.333. The van der Waals surface area contributed by atoms with Gasteiger partial charge in [0.2, 0.25) is 0 Å². The van der Waals surface area contributed by atoms with Crippen LogP contribution in [0.25, 0.3) is 6.08 Å². The van der Waals surface area contributed by atoms with Crippen molar-refractivity contribution in [1.82, 2.24) is 0 Å². The predicted molar refractivity (Wildman–Crippen MR) is 63.6 cm³/mol. The van der Waals surface area contributed by atoms with Crippen LogP contribution in [0.1, 0.15) is 5.56 Å². The molecule has 0 unspecified atom stereocenters. The quantitative estimate of drug-likeness (QED) is 0.733. The molecule has 0 aliphatic heterocycles. The van der Waals surface area contributed by atoms with E-state index in [-0.39, 0.29) is 0 Å². The van der Waals surface area contributed by atoms with Crippen LogP contribution in [-0.2, 0) is 0 Å². The molecule has 0 aliphatic rings. The molecular weight excluding hydrogens is 263 g/mol. The Bertz CT molecular complexity index is 267. The molecule has 0 amide bonds. The number of hydrogen-bond donors (Lipinski definition) is 0. The van der Waals surface area contributed by atoms with Crippen molar-refractivity contribution in [2.24, 2.45) is 0 Å². The Morgan fingerprint density at radius 3 is 2.23 bits per heavy atom. The predicted octanol–water partition coefficient (Wildman–Crippen LogP) is 4.04. The monoisotopic (exact) mass is 282 g/mol. The van der Waals surface area contributed by atoms with E-state index in [1.165, 1.54) is 10.0 Å². The van der Waals surface area contributed by atoms with Gasteiger partial charge in [-0.05, 0) is 0 Å². The van der Waals surface area contributed by atoms with Gasteiger partial charge in [-0.15, -0.1) is 0 Å². The molecule has 0 nitrogen and oxygen atoms in total. The Morgan fingerprint density at radius 1 is 1.08 bits per heavy atom. The van der Waals surface area contributed by atoms with Crippen LogP contribution in [0.15, 0.2) is 36.4 Å². The van der Waals surface area contributed by atoms with Crippen molar-refractivity contribution in [2.45, 2.75) is 19.3 Å². The summed E-state index contributed by atoms with van der Waals surface area (Å²) in [5, 5.41) is 0. The first kappa shape index (κ1) is 10.8. The molecule has 1 aromatic carbocycles. The van der Waals surface area contributed by atoms with E-state index in [4.69, 9.17) is 0 Å². The van der Waals surface area contributed by atoms with Crippen molar-refractivity contribution in [3.05, 3.63) is 42.0 Å². The summed E-state index contributed by atoms with van der Waals surface area (Å²) in [6.45, 7) is 0. The third kappa shape index (κ3) is 5.14. The topological polar surface area (TPSA) is 0 Å². The third-order valence-electron chi connectivity index (χ3n) is 1.84. The molecule has 1 heteroatoms. The molecule has 0 saturated heterocycles. The van der Waals surface area contributed by atoms with Crippen molar-refractivity contribution in [3.8, 4) is 0 Å². The normalized spacial score (nSPS) is 12.2. The van der Waals surface area contributed by atoms with Gasteiger partial charge in [0, 0.05) is 0 Å². The molecule has 0 atom stereocenters. The summed E-state index contributed by atoms with van der Waals surface area (Å²) in [5.74, 6) is 0. The average Bonchev–Trinajstić information content (AvgIpc) is 2.04. The van der Waals surface area contributed by atoms with E-state index in [0.29, 0.717) is 0 Å². The Morgan fingerprint density at radius 2 is 1.69 bits per heavy atom. The molecule has 0 saturated carbocycles. The molecule has 0 fully saturated rings. The van der Waals surface area contributed by atoms with Gasteiger partial charge in [-0.25, -0.2) is 0 Å². The second kappa shape index (κ2) is 4.85. The van der Waals surface area contributed by atoms with Crippen molar-refractivity contribution < 1.29 is 0 Å². The van der Waals surface area contributed by atoms with Crippen LogP contribution in [0.2, 0.25) is 19.3 Å². The fourth-order valence-electron chi connectivity index (χ4n) is 1.11. The summed E-state index contributed by atoms with van der Waals surface area (Å²) in [6.07, 6.45) is 4.58. The second-order valence-electron chi connectivity index (χ2n) is 4.58. The van der Waals surface area contributed by atoms with Gasteiger partial charge < -0.3 is 0 Å². The van der Waals surface area contributed by atoms with E-state index in [2.05, 4.69) is 57.3 Å². The summed E-state index contributed by atoms with van der Waals surface area (Å²) in [5.41, 5.74) is 1.32. The van der Waals surface area contributed by atoms with E-state index in [1.807, 2.05) is 0 Å². The van der Waals surface area contributed by atoms with Crippen molar-refractivity contribution in [1.29, 1.82) is 0 Å². The van der Waals surface area contributed by atoms with Crippen LogP contribution in [-0.4, -0.2) is 18.4 Å². The molecule has 70 valence electrons. The molecular formula is C12H18Sn. The third-order valence-corrected chi connectivity index (χ3v) is 6.01. The van der Waals surface area contributed by atoms with Gasteiger partial charge in [-0.3, -0.25) is 0 Å². The Labute approximate surface area is 85.5 Å². The van der Waals surface area contributed by atoms with Crippen molar-refractivity contribution in [3.63, 3.8) is 0 Å². The van der Waals surface area contributed by atoms with Crippen LogP contribution < -0.4 is 0 Å². The molecule has 0 aromatic heterocycles. The molecule has 1 rings (SSSR count). The van der Waals surface area contributed by atoms with Crippen LogP contribution in [0, 0.1) is 0 Å². The molecule has 0 bridgehead atoms. The van der Waals surface area contributed by atoms with Gasteiger partial charge in [0.15, 0.2) is 0 Å². The number of allylic oxidation sites excluding steroid dienone is 1. The molecule has 0 N–H and O–H groups in total. The summed E-state index contributed by atoms with van der Waals surface area (Å²) in [6, 6.07) is 10.5. The van der Waals surface area contributed by atoms with Gasteiger partial charge in [0.25, 0.3) is 0 Å². The minimum atomic E-state index is -1.56. The first-order chi connectivity index (χ1) is 6.08. The average molecular weight is 281 g/mol. The Hall–Kier alpha value is -0.241. The number of rotatable bonds is 3. The van der Waals surface area contributed by atoms with E-state index in [0.717, 1.165) is 0 Å². The van der Waals surface area contributed by atoms with Crippen molar-refractivity contribution >= 4 is 24.5 Å². The molecule has 0 radical (unpaired) electrons. The van der Waals surface area contributed by atoms with Crippen LogP contribution >= 0.6 is 0 Å². The number of benzene rings is 1. The summed E-state index contributed by atoms with van der Waals surface area (Å²) in [7, 11) is 0. The molecule has 1 aromatic rings. The van der Waals surface area contributed by atoms with E-state index < -0.39 is 18.4 Å². The Kier molecular flexibility index (Phi) is 4.04. The van der Waals surface area contributed by atoms with Crippen LogP contribution in [0.4, 0.5) is 0 Å². The Balaban J connectivity index is 2.51. The molecule has 13 heavy (non-hydrogen) atoms. The number of hydrogen-bond acceptors (Lipinski definition) is 0. The standard InChI is InChI=1S/C9H9.3CH3.Sn/c1-2-6-9-7-4-3-5-8-9;;;;/h2-8H,1H2;3*1H3;/b6-2+;;;;. The van der Waals surface area contributed by atoms with Gasteiger partial charge >= 0.3 is 85.7 Å². The first-order valence-electron chi connectivity index (χ1n) is 4.79. The van der Waals surface area contributed by atoms with E-state index >= 15 is 0 Å². The summed E-state index contributed by atoms with van der Waals surface area (Å²) < 4.78 is 1.34. The fourth-order valence-corrected chi connectivity index (χ4v) is 3.47. The zero-order valence-electron chi connectivity index (χ0n) is 8.75. The van der Waals surface area contributed by atoms with Gasteiger partial charge in [0.1, 0.15) is 0 Å². The van der Waals surface area contributed by atoms with Gasteiger partial charge in [-0.2, -0.15) is 0 Å². The zero-order chi connectivity index (χ0) is 9.73. The van der Waals surface area contributed by atoms with Crippen LogP contribution in [0.5, 0.6) is 0 Å². The maximum absolute atomic E-state index is 2.46. The summed E-state index contributed by atoms with van der Waals surface area (Å²) >= 11 is -1.56. The minimum absolute atomic E-state index is 1.32. The van der Waals surface area contributed by atoms with Gasteiger partial charge in [0.05, 0.1) is 0 Å². The van der Waals surface area contributed by atoms with Crippen molar-refractivity contribution in [2.75, 3.05) is 0 Å². The zero-order valence-corrected chi connectivity index (χ0v) is 11.6. The molecule has 0 heterocycles. The SMILES string of the molecule is [CH3][Sn]([CH3])([CH3])[CH2]/C=C/c1ccccc1. The first-order valence-corrected chi connectivity index (χ1v) is 15.4.